The first kappa shape index (κ1) is 32.5. The average molecular weight is 682 g/mol. The van der Waals surface area contributed by atoms with Crippen molar-refractivity contribution < 1.29 is 19.2 Å². The number of hydrogen-bond acceptors (Lipinski definition) is 9. The summed E-state index contributed by atoms with van der Waals surface area (Å²) < 4.78 is 0. The topological polar surface area (TPSA) is 165 Å². The predicted molar refractivity (Wildman–Crippen MR) is 199 cm³/mol. The smallest absolute Gasteiger partial charge is 0.268 e. The van der Waals surface area contributed by atoms with E-state index >= 15 is 0 Å². The van der Waals surface area contributed by atoms with Gasteiger partial charge in [0.15, 0.2) is 0 Å². The Kier molecular flexibility index (Phi) is 8.00. The number of fused-ring (bicyclic) bond motifs is 2. The summed E-state index contributed by atoms with van der Waals surface area (Å²) in [5.41, 5.74) is 13.2. The zero-order valence-corrected chi connectivity index (χ0v) is 28.8. The van der Waals surface area contributed by atoms with Gasteiger partial charge in [-0.2, -0.15) is 15.0 Å². The normalized spacial score (nSPS) is 14.5. The van der Waals surface area contributed by atoms with E-state index < -0.39 is 11.8 Å². The molecule has 0 unspecified atom stereocenters. The molecule has 2 aliphatic rings. The van der Waals surface area contributed by atoms with Gasteiger partial charge in [0.1, 0.15) is 0 Å². The van der Waals surface area contributed by atoms with Crippen molar-refractivity contribution in [1.82, 2.24) is 19.9 Å². The van der Waals surface area contributed by atoms with Crippen LogP contribution in [0.1, 0.15) is 119 Å². The third-order valence-electron chi connectivity index (χ3n) is 10.7. The van der Waals surface area contributed by atoms with Crippen molar-refractivity contribution >= 4 is 84.6 Å². The highest BCUT2D eigenvalue weighted by atomic mass is 16.2. The number of aromatic nitrogens is 3. The summed E-state index contributed by atoms with van der Waals surface area (Å²) >= 11 is 0. The van der Waals surface area contributed by atoms with Crippen molar-refractivity contribution in [2.75, 3.05) is 16.4 Å². The number of nitrogen functional groups attached to an aromatic ring is 2. The van der Waals surface area contributed by atoms with Gasteiger partial charge in [-0.15, -0.1) is 0 Å². The van der Waals surface area contributed by atoms with Gasteiger partial charge in [-0.1, -0.05) is 89.5 Å². The largest absolute Gasteiger partial charge is 0.368 e. The van der Waals surface area contributed by atoms with Crippen LogP contribution in [0.25, 0.3) is 43.1 Å². The van der Waals surface area contributed by atoms with Gasteiger partial charge < -0.3 is 11.5 Å². The molecule has 0 saturated carbocycles. The number of carbonyl (C=O) groups excluding carboxylic acids is 4. The van der Waals surface area contributed by atoms with Crippen molar-refractivity contribution in [3.05, 3.63) is 70.8 Å². The lowest BCUT2D eigenvalue weighted by atomic mass is 9.82. The van der Waals surface area contributed by atoms with Crippen LogP contribution in [0.2, 0.25) is 0 Å². The molecule has 11 heteroatoms. The van der Waals surface area contributed by atoms with Gasteiger partial charge in [-0.05, 0) is 69.4 Å². The summed E-state index contributed by atoms with van der Waals surface area (Å²) in [6.45, 7) is 4.36. The summed E-state index contributed by atoms with van der Waals surface area (Å²) in [5, 5.41) is 6.08. The highest BCUT2D eigenvalue weighted by molar-refractivity contribution is 6.43. The molecule has 0 bridgehead atoms. The first-order valence-electron chi connectivity index (χ1n) is 18.0. The molecule has 0 aliphatic carbocycles. The molecule has 0 spiro atoms. The van der Waals surface area contributed by atoms with Gasteiger partial charge in [0.2, 0.25) is 17.8 Å². The maximum Gasteiger partial charge on any atom is 0.268 e. The van der Waals surface area contributed by atoms with Gasteiger partial charge in [0.25, 0.3) is 23.6 Å². The Hall–Kier alpha value is -5.71. The fourth-order valence-corrected chi connectivity index (χ4v) is 8.31. The number of anilines is 3. The Balaban J connectivity index is 1.26. The summed E-state index contributed by atoms with van der Waals surface area (Å²) in [6, 6.07) is 14.5. The third kappa shape index (κ3) is 4.97. The molecule has 3 heterocycles. The van der Waals surface area contributed by atoms with Gasteiger partial charge in [-0.3, -0.25) is 24.1 Å². The van der Waals surface area contributed by atoms with Gasteiger partial charge >= 0.3 is 0 Å². The van der Waals surface area contributed by atoms with Crippen LogP contribution >= 0.6 is 0 Å². The van der Waals surface area contributed by atoms with Gasteiger partial charge in [-0.25, -0.2) is 4.90 Å². The molecule has 0 atom stereocenters. The molecule has 5 aromatic carbocycles. The van der Waals surface area contributed by atoms with Gasteiger partial charge in [0.05, 0.1) is 0 Å². The van der Waals surface area contributed by atoms with E-state index in [1.54, 1.807) is 17.0 Å². The number of benzene rings is 5. The predicted octanol–water partition coefficient (Wildman–Crippen LogP) is 7.79. The quantitative estimate of drug-likeness (QED) is 0.0567. The Bertz CT molecular complexity index is 2290. The molecule has 8 rings (SSSR count). The van der Waals surface area contributed by atoms with E-state index in [9.17, 15) is 19.2 Å². The number of rotatable bonds is 12. The van der Waals surface area contributed by atoms with Crippen LogP contribution in [0, 0.1) is 0 Å². The lowest BCUT2D eigenvalue weighted by molar-refractivity contribution is 0.0516. The molecule has 6 aromatic rings. The lowest BCUT2D eigenvalue weighted by Gasteiger charge is -2.35. The van der Waals surface area contributed by atoms with Gasteiger partial charge in [0, 0.05) is 39.1 Å². The number of unbranched alkanes of at least 4 members (excludes halogenated alkanes) is 6. The maximum atomic E-state index is 14.4. The van der Waals surface area contributed by atoms with Crippen molar-refractivity contribution in [2.24, 2.45) is 0 Å². The SMILES string of the molecule is CCCCCCC(CCCCCC)N1C(=O)c2ccc3c4ccc5c6c(ccc(c7ccc(c2c37)C1=O)c64)C(=O)N(c1nc(N)nc(N)n1)C5=O. The van der Waals surface area contributed by atoms with E-state index in [4.69, 9.17) is 11.5 Å². The number of nitrogens with two attached hydrogens (primary N) is 2. The van der Waals surface area contributed by atoms with Crippen LogP contribution in [0.15, 0.2) is 48.5 Å². The Labute approximate surface area is 294 Å². The van der Waals surface area contributed by atoms with Crippen molar-refractivity contribution in [2.45, 2.75) is 84.1 Å². The fourth-order valence-electron chi connectivity index (χ4n) is 8.31. The zero-order valence-electron chi connectivity index (χ0n) is 28.8. The van der Waals surface area contributed by atoms with E-state index in [1.165, 1.54) is 0 Å². The lowest BCUT2D eigenvalue weighted by Crippen LogP contribution is -2.47. The molecule has 4 amide bonds. The monoisotopic (exact) mass is 681 g/mol. The molecule has 258 valence electrons. The summed E-state index contributed by atoms with van der Waals surface area (Å²) in [4.78, 5) is 70.9. The minimum Gasteiger partial charge on any atom is -0.368 e. The van der Waals surface area contributed by atoms with Crippen LogP contribution in [-0.4, -0.2) is 49.5 Å². The summed E-state index contributed by atoms with van der Waals surface area (Å²) in [7, 11) is 0. The Morgan fingerprint density at radius 3 is 1.29 bits per heavy atom. The minimum atomic E-state index is -0.604. The second-order valence-corrected chi connectivity index (χ2v) is 13.8. The van der Waals surface area contributed by atoms with E-state index in [0.717, 1.165) is 101 Å². The van der Waals surface area contributed by atoms with Crippen LogP contribution in [0.5, 0.6) is 0 Å². The minimum absolute atomic E-state index is 0.147. The Morgan fingerprint density at radius 1 is 0.510 bits per heavy atom. The molecule has 4 N–H and O–H groups in total. The molecule has 11 nitrogen and oxygen atoms in total. The zero-order chi connectivity index (χ0) is 35.6. The average Bonchev–Trinajstić information content (AvgIpc) is 3.11. The molecule has 0 saturated heterocycles. The highest BCUT2D eigenvalue weighted by Crippen LogP contribution is 2.46. The molecular formula is C40H39N7O4. The van der Waals surface area contributed by atoms with E-state index in [0.29, 0.717) is 33.0 Å². The van der Waals surface area contributed by atoms with E-state index in [-0.39, 0.29) is 35.7 Å². The van der Waals surface area contributed by atoms with Crippen LogP contribution in [-0.2, 0) is 0 Å². The number of amides is 4. The standard InChI is InChI=1S/C40H39N7O4/c1-3-5-7-9-11-21(12-10-8-6-4-2)46-34(48)26-17-13-22-24-15-19-28-33-29(37(51)47(36(28)50)40-44-38(41)43-39(42)45-40)20-16-25(31(24)33)23-14-18-27(35(46)49)32(26)30(22)23/h13-21H,3-12H2,1-2H3,(H4,41,42,43,44,45). The summed E-state index contributed by atoms with van der Waals surface area (Å²) in [6.07, 6.45) is 10.3. The second-order valence-electron chi connectivity index (χ2n) is 13.8. The maximum absolute atomic E-state index is 14.4. The van der Waals surface area contributed by atoms with Crippen molar-refractivity contribution in [3.8, 4) is 0 Å². The van der Waals surface area contributed by atoms with E-state index in [2.05, 4.69) is 28.8 Å². The van der Waals surface area contributed by atoms with Crippen molar-refractivity contribution in [3.63, 3.8) is 0 Å². The number of imide groups is 2. The molecule has 1 aromatic heterocycles. The van der Waals surface area contributed by atoms with Crippen LogP contribution in [0.3, 0.4) is 0 Å². The summed E-state index contributed by atoms with van der Waals surface area (Å²) in [5.74, 6) is -2.34. The molecule has 2 aliphatic heterocycles. The first-order chi connectivity index (χ1) is 24.7. The number of hydrogen-bond donors (Lipinski definition) is 2. The number of nitrogens with zero attached hydrogens (tertiary/aromatic N) is 5. The fraction of sp³-hybridized carbons (Fsp3) is 0.325. The first-order valence-corrected chi connectivity index (χ1v) is 18.0. The molecule has 51 heavy (non-hydrogen) atoms. The van der Waals surface area contributed by atoms with Crippen LogP contribution < -0.4 is 16.4 Å². The molecular weight excluding hydrogens is 642 g/mol. The third-order valence-corrected chi connectivity index (χ3v) is 10.7. The second kappa shape index (κ2) is 12.6. The molecule has 0 radical (unpaired) electrons. The van der Waals surface area contributed by atoms with Crippen molar-refractivity contribution in [1.29, 1.82) is 0 Å². The Morgan fingerprint density at radius 2 is 0.902 bits per heavy atom. The number of carbonyl (C=O) groups is 4. The van der Waals surface area contributed by atoms with E-state index in [1.807, 2.05) is 36.4 Å². The van der Waals surface area contributed by atoms with Crippen LogP contribution in [0.4, 0.5) is 17.8 Å². The molecule has 0 fully saturated rings. The highest BCUT2D eigenvalue weighted by Gasteiger charge is 2.40.